The number of hydrogen-bond acceptors (Lipinski definition) is 5. The molecular weight excluding hydrogens is 354 g/mol. The van der Waals surface area contributed by atoms with E-state index >= 15 is 0 Å². The Bertz CT molecular complexity index is 891. The van der Waals surface area contributed by atoms with E-state index in [2.05, 4.69) is 18.0 Å². The largest absolute Gasteiger partial charge is 0.493 e. The van der Waals surface area contributed by atoms with Crippen LogP contribution >= 0.6 is 0 Å². The second kappa shape index (κ2) is 8.75. The monoisotopic (exact) mass is 379 g/mol. The Kier molecular flexibility index (Phi) is 6.15. The maximum absolute atomic E-state index is 13.2. The van der Waals surface area contributed by atoms with Gasteiger partial charge < -0.3 is 14.4 Å². The highest BCUT2D eigenvalue weighted by Gasteiger charge is 2.32. The molecule has 3 rings (SSSR count). The lowest BCUT2D eigenvalue weighted by Gasteiger charge is -2.38. The standard InChI is InChI=1S/C22H25N3O3/c1-4-27-20-8-6-5-7-19(20)22(26)25-14-18(10-9-15(25)2)28-21-16(3)17(13-23)11-12-24-21/h5-8,11-12,15,18H,4,9-10,14H2,1-3H3/t15-,18?/m1/s1. The highest BCUT2D eigenvalue weighted by atomic mass is 16.5. The second-order valence-electron chi connectivity index (χ2n) is 6.95. The summed E-state index contributed by atoms with van der Waals surface area (Å²) in [6.45, 7) is 6.76. The van der Waals surface area contributed by atoms with Crippen molar-refractivity contribution in [1.82, 2.24) is 9.88 Å². The van der Waals surface area contributed by atoms with E-state index in [0.717, 1.165) is 18.4 Å². The Morgan fingerprint density at radius 1 is 1.32 bits per heavy atom. The molecule has 1 aromatic heterocycles. The van der Waals surface area contributed by atoms with E-state index in [-0.39, 0.29) is 18.1 Å². The molecular formula is C22H25N3O3. The van der Waals surface area contributed by atoms with Crippen LogP contribution in [0.25, 0.3) is 0 Å². The Morgan fingerprint density at radius 3 is 2.86 bits per heavy atom. The lowest BCUT2D eigenvalue weighted by atomic mass is 9.99. The van der Waals surface area contributed by atoms with Gasteiger partial charge in [0.05, 0.1) is 30.3 Å². The van der Waals surface area contributed by atoms with Gasteiger partial charge in [-0.25, -0.2) is 4.98 Å². The number of nitrogens with zero attached hydrogens (tertiary/aromatic N) is 3. The zero-order valence-electron chi connectivity index (χ0n) is 16.5. The van der Waals surface area contributed by atoms with Crippen molar-refractivity contribution in [2.24, 2.45) is 0 Å². The van der Waals surface area contributed by atoms with Gasteiger partial charge in [-0.15, -0.1) is 0 Å². The molecule has 146 valence electrons. The average molecular weight is 379 g/mol. The number of aromatic nitrogens is 1. The van der Waals surface area contributed by atoms with Crippen molar-refractivity contribution in [2.75, 3.05) is 13.2 Å². The molecule has 0 bridgehead atoms. The predicted molar refractivity (Wildman–Crippen MR) is 105 cm³/mol. The van der Waals surface area contributed by atoms with Crippen LogP contribution in [0.15, 0.2) is 36.5 Å². The van der Waals surface area contributed by atoms with Crippen LogP contribution in [0.5, 0.6) is 11.6 Å². The molecule has 1 aliphatic rings. The number of nitriles is 1. The molecule has 1 saturated heterocycles. The molecule has 1 amide bonds. The first-order valence-electron chi connectivity index (χ1n) is 9.60. The van der Waals surface area contributed by atoms with Gasteiger partial charge in [0.15, 0.2) is 0 Å². The molecule has 0 N–H and O–H groups in total. The van der Waals surface area contributed by atoms with Crippen LogP contribution in [0.4, 0.5) is 0 Å². The van der Waals surface area contributed by atoms with Gasteiger partial charge in [0.25, 0.3) is 5.91 Å². The van der Waals surface area contributed by atoms with Gasteiger partial charge >= 0.3 is 0 Å². The minimum absolute atomic E-state index is 0.0553. The Morgan fingerprint density at radius 2 is 2.11 bits per heavy atom. The number of para-hydroxylation sites is 1. The first kappa shape index (κ1) is 19.7. The van der Waals surface area contributed by atoms with Crippen LogP contribution in [0.2, 0.25) is 0 Å². The number of amides is 1. The minimum Gasteiger partial charge on any atom is -0.493 e. The molecule has 6 heteroatoms. The second-order valence-corrected chi connectivity index (χ2v) is 6.95. The SMILES string of the molecule is CCOc1ccccc1C(=O)N1CC(Oc2nccc(C#N)c2C)CC[C@H]1C. The molecule has 6 nitrogen and oxygen atoms in total. The Balaban J connectivity index is 1.78. The van der Waals surface area contributed by atoms with Crippen molar-refractivity contribution in [3.05, 3.63) is 53.2 Å². The highest BCUT2D eigenvalue weighted by molar-refractivity contribution is 5.97. The van der Waals surface area contributed by atoms with Crippen LogP contribution < -0.4 is 9.47 Å². The summed E-state index contributed by atoms with van der Waals surface area (Å²) in [6.07, 6.45) is 3.08. The Hall–Kier alpha value is -3.07. The number of carbonyl (C=O) groups is 1. The third kappa shape index (κ3) is 4.09. The fourth-order valence-corrected chi connectivity index (χ4v) is 3.45. The first-order valence-corrected chi connectivity index (χ1v) is 9.60. The molecule has 2 heterocycles. The summed E-state index contributed by atoms with van der Waals surface area (Å²) in [6, 6.07) is 11.3. The molecule has 1 aliphatic heterocycles. The van der Waals surface area contributed by atoms with Gasteiger partial charge in [0.2, 0.25) is 5.88 Å². The maximum atomic E-state index is 13.2. The van der Waals surface area contributed by atoms with E-state index < -0.39 is 0 Å². The molecule has 1 aromatic carbocycles. The average Bonchev–Trinajstić information content (AvgIpc) is 2.71. The maximum Gasteiger partial charge on any atom is 0.257 e. The summed E-state index contributed by atoms with van der Waals surface area (Å²) >= 11 is 0. The summed E-state index contributed by atoms with van der Waals surface area (Å²) in [4.78, 5) is 19.3. The number of piperidine rings is 1. The van der Waals surface area contributed by atoms with Crippen molar-refractivity contribution in [3.63, 3.8) is 0 Å². The van der Waals surface area contributed by atoms with E-state index in [0.29, 0.717) is 35.9 Å². The van der Waals surface area contributed by atoms with E-state index in [9.17, 15) is 10.1 Å². The molecule has 0 aliphatic carbocycles. The summed E-state index contributed by atoms with van der Waals surface area (Å²) in [7, 11) is 0. The number of likely N-dealkylation sites (tertiary alicyclic amines) is 1. The molecule has 28 heavy (non-hydrogen) atoms. The van der Waals surface area contributed by atoms with Crippen molar-refractivity contribution >= 4 is 5.91 Å². The lowest BCUT2D eigenvalue weighted by Crippen LogP contribution is -2.49. The van der Waals surface area contributed by atoms with Gasteiger partial charge in [-0.05, 0) is 51.8 Å². The zero-order valence-corrected chi connectivity index (χ0v) is 16.5. The molecule has 0 spiro atoms. The lowest BCUT2D eigenvalue weighted by molar-refractivity contribution is 0.0368. The van der Waals surface area contributed by atoms with Gasteiger partial charge in [-0.3, -0.25) is 4.79 Å². The zero-order chi connectivity index (χ0) is 20.1. The smallest absolute Gasteiger partial charge is 0.257 e. The number of rotatable bonds is 5. The van der Waals surface area contributed by atoms with Crippen molar-refractivity contribution in [1.29, 1.82) is 5.26 Å². The van der Waals surface area contributed by atoms with Crippen molar-refractivity contribution < 1.29 is 14.3 Å². The van der Waals surface area contributed by atoms with Crippen LogP contribution in [0.3, 0.4) is 0 Å². The number of hydrogen-bond donors (Lipinski definition) is 0. The summed E-state index contributed by atoms with van der Waals surface area (Å²) < 4.78 is 11.7. The molecule has 0 saturated carbocycles. The fourth-order valence-electron chi connectivity index (χ4n) is 3.45. The van der Waals surface area contributed by atoms with Gasteiger partial charge in [0.1, 0.15) is 11.9 Å². The predicted octanol–water partition coefficient (Wildman–Crippen LogP) is 3.73. The van der Waals surface area contributed by atoms with E-state index in [1.807, 2.05) is 36.9 Å². The third-order valence-electron chi connectivity index (χ3n) is 5.07. The fraction of sp³-hybridized carbons (Fsp3) is 0.409. The van der Waals surface area contributed by atoms with Crippen LogP contribution in [0.1, 0.15) is 48.2 Å². The van der Waals surface area contributed by atoms with Crippen LogP contribution in [-0.4, -0.2) is 41.1 Å². The molecule has 1 fully saturated rings. The third-order valence-corrected chi connectivity index (χ3v) is 5.07. The van der Waals surface area contributed by atoms with Crippen molar-refractivity contribution in [3.8, 4) is 17.7 Å². The van der Waals surface area contributed by atoms with Gasteiger partial charge in [-0.2, -0.15) is 5.26 Å². The quantitative estimate of drug-likeness (QED) is 0.791. The first-order chi connectivity index (χ1) is 13.5. The van der Waals surface area contributed by atoms with Crippen LogP contribution in [0, 0.1) is 18.3 Å². The number of carbonyl (C=O) groups excluding carboxylic acids is 1. The van der Waals surface area contributed by atoms with Crippen molar-refractivity contribution in [2.45, 2.75) is 45.8 Å². The number of pyridine rings is 1. The van der Waals surface area contributed by atoms with Gasteiger partial charge in [0, 0.05) is 17.8 Å². The molecule has 0 radical (unpaired) electrons. The summed E-state index contributed by atoms with van der Waals surface area (Å²) in [5, 5.41) is 9.20. The van der Waals surface area contributed by atoms with E-state index in [1.54, 1.807) is 18.3 Å². The number of ether oxygens (including phenoxy) is 2. The van der Waals surface area contributed by atoms with Crippen LogP contribution in [-0.2, 0) is 0 Å². The molecule has 2 atom stereocenters. The number of benzene rings is 1. The minimum atomic E-state index is -0.167. The highest BCUT2D eigenvalue weighted by Crippen LogP contribution is 2.27. The topological polar surface area (TPSA) is 75.4 Å². The van der Waals surface area contributed by atoms with E-state index in [1.165, 1.54) is 0 Å². The van der Waals surface area contributed by atoms with E-state index in [4.69, 9.17) is 9.47 Å². The molecule has 1 unspecified atom stereocenters. The van der Waals surface area contributed by atoms with Gasteiger partial charge in [-0.1, -0.05) is 12.1 Å². The summed E-state index contributed by atoms with van der Waals surface area (Å²) in [5.41, 5.74) is 1.84. The normalized spacial score (nSPS) is 19.0. The molecule has 2 aromatic rings. The Labute approximate surface area is 165 Å². The summed E-state index contributed by atoms with van der Waals surface area (Å²) in [5.74, 6) is 1.01.